The van der Waals surface area contributed by atoms with Gasteiger partial charge in [0.1, 0.15) is 0 Å². The van der Waals surface area contributed by atoms with Crippen molar-refractivity contribution < 1.29 is 14.0 Å². The molecule has 7 nitrogen and oxygen atoms in total. The van der Waals surface area contributed by atoms with Crippen LogP contribution < -0.4 is 14.8 Å². The lowest BCUT2D eigenvalue weighted by molar-refractivity contribution is 0.190. The average molecular weight is 355 g/mol. The van der Waals surface area contributed by atoms with Gasteiger partial charge in [-0.25, -0.2) is 0 Å². The van der Waals surface area contributed by atoms with Gasteiger partial charge in [0.05, 0.1) is 26.2 Å². The molecule has 0 aliphatic carbocycles. The SMILES string of the molecule is COc1ccccc1OCCc1nc(C2CNCCN2C)no1.Cl. The van der Waals surface area contributed by atoms with Gasteiger partial charge in [-0.2, -0.15) is 4.98 Å². The number of nitrogens with one attached hydrogen (secondary N) is 1. The van der Waals surface area contributed by atoms with Crippen LogP contribution in [0.3, 0.4) is 0 Å². The van der Waals surface area contributed by atoms with Crippen LogP contribution in [-0.4, -0.2) is 55.4 Å². The van der Waals surface area contributed by atoms with Crippen molar-refractivity contribution in [3.63, 3.8) is 0 Å². The van der Waals surface area contributed by atoms with Crippen LogP contribution in [0.15, 0.2) is 28.8 Å². The molecule has 132 valence electrons. The molecule has 24 heavy (non-hydrogen) atoms. The number of nitrogens with zero attached hydrogens (tertiary/aromatic N) is 3. The largest absolute Gasteiger partial charge is 0.493 e. The van der Waals surface area contributed by atoms with Crippen LogP contribution in [0.25, 0.3) is 0 Å². The number of hydrogen-bond acceptors (Lipinski definition) is 7. The number of methoxy groups -OCH3 is 1. The van der Waals surface area contributed by atoms with Crippen LogP contribution in [0.1, 0.15) is 17.8 Å². The van der Waals surface area contributed by atoms with E-state index in [1.165, 1.54) is 0 Å². The molecule has 1 unspecified atom stereocenters. The number of para-hydroxylation sites is 2. The van der Waals surface area contributed by atoms with Crippen molar-refractivity contribution in [2.75, 3.05) is 40.4 Å². The molecule has 8 heteroatoms. The molecular formula is C16H23ClN4O3. The second kappa shape index (κ2) is 8.86. The summed E-state index contributed by atoms with van der Waals surface area (Å²) in [4.78, 5) is 6.72. The summed E-state index contributed by atoms with van der Waals surface area (Å²) in [5.74, 6) is 2.75. The number of likely N-dealkylation sites (N-methyl/N-ethyl adjacent to an activating group) is 1. The molecule has 0 saturated carbocycles. The quantitative estimate of drug-likeness (QED) is 0.846. The summed E-state index contributed by atoms with van der Waals surface area (Å²) in [6.07, 6.45) is 0.564. The molecule has 2 aromatic rings. The van der Waals surface area contributed by atoms with E-state index in [0.717, 1.165) is 25.5 Å². The zero-order valence-electron chi connectivity index (χ0n) is 13.9. The van der Waals surface area contributed by atoms with Crippen LogP contribution >= 0.6 is 12.4 Å². The fraction of sp³-hybridized carbons (Fsp3) is 0.500. The van der Waals surface area contributed by atoms with Gasteiger partial charge < -0.3 is 19.3 Å². The fourth-order valence-electron chi connectivity index (χ4n) is 2.59. The first kappa shape index (κ1) is 18.5. The second-order valence-corrected chi connectivity index (χ2v) is 5.50. The summed E-state index contributed by atoms with van der Waals surface area (Å²) in [5, 5.41) is 7.45. The molecule has 1 aromatic carbocycles. The molecule has 1 saturated heterocycles. The molecule has 0 amide bonds. The van der Waals surface area contributed by atoms with Crippen LogP contribution in [0.4, 0.5) is 0 Å². The van der Waals surface area contributed by atoms with Crippen LogP contribution in [-0.2, 0) is 6.42 Å². The predicted molar refractivity (Wildman–Crippen MR) is 92.0 cm³/mol. The maximum absolute atomic E-state index is 5.73. The number of piperazine rings is 1. The molecular weight excluding hydrogens is 332 g/mol. The van der Waals surface area contributed by atoms with Crippen molar-refractivity contribution in [2.45, 2.75) is 12.5 Å². The molecule has 0 bridgehead atoms. The lowest BCUT2D eigenvalue weighted by Gasteiger charge is -2.30. The Kier molecular flexibility index (Phi) is 6.84. The summed E-state index contributed by atoms with van der Waals surface area (Å²) < 4.78 is 16.3. The number of aromatic nitrogens is 2. The van der Waals surface area contributed by atoms with E-state index in [1.807, 2.05) is 24.3 Å². The molecule has 0 spiro atoms. The van der Waals surface area contributed by atoms with Crippen LogP contribution in [0.2, 0.25) is 0 Å². The van der Waals surface area contributed by atoms with E-state index in [0.29, 0.717) is 30.4 Å². The predicted octanol–water partition coefficient (Wildman–Crippen LogP) is 1.70. The van der Waals surface area contributed by atoms with Crippen molar-refractivity contribution in [1.82, 2.24) is 20.4 Å². The van der Waals surface area contributed by atoms with Crippen molar-refractivity contribution in [1.29, 1.82) is 0 Å². The first-order valence-electron chi connectivity index (χ1n) is 7.77. The molecule has 1 aromatic heterocycles. The average Bonchev–Trinajstić information content (AvgIpc) is 3.04. The molecule has 1 aliphatic rings. The third-order valence-electron chi connectivity index (χ3n) is 3.94. The van der Waals surface area contributed by atoms with Gasteiger partial charge in [-0.05, 0) is 19.2 Å². The minimum absolute atomic E-state index is 0. The highest BCUT2D eigenvalue weighted by Crippen LogP contribution is 2.25. The highest BCUT2D eigenvalue weighted by molar-refractivity contribution is 5.85. The van der Waals surface area contributed by atoms with Gasteiger partial charge in [0.15, 0.2) is 17.3 Å². The van der Waals surface area contributed by atoms with E-state index in [9.17, 15) is 0 Å². The Bertz CT molecular complexity index is 637. The first-order chi connectivity index (χ1) is 11.3. The Morgan fingerprint density at radius 2 is 2.12 bits per heavy atom. The first-order valence-corrected chi connectivity index (χ1v) is 7.77. The third-order valence-corrected chi connectivity index (χ3v) is 3.94. The molecule has 1 atom stereocenters. The Hall–Kier alpha value is -1.83. The summed E-state index contributed by atoms with van der Waals surface area (Å²) >= 11 is 0. The van der Waals surface area contributed by atoms with E-state index in [2.05, 4.69) is 27.4 Å². The minimum Gasteiger partial charge on any atom is -0.493 e. The molecule has 0 radical (unpaired) electrons. The molecule has 1 aliphatic heterocycles. The second-order valence-electron chi connectivity index (χ2n) is 5.50. The van der Waals surface area contributed by atoms with E-state index in [1.54, 1.807) is 7.11 Å². The van der Waals surface area contributed by atoms with Crippen molar-refractivity contribution in [2.24, 2.45) is 0 Å². The topological polar surface area (TPSA) is 72.7 Å². The van der Waals surface area contributed by atoms with Gasteiger partial charge in [-0.15, -0.1) is 12.4 Å². The van der Waals surface area contributed by atoms with Gasteiger partial charge >= 0.3 is 0 Å². The van der Waals surface area contributed by atoms with E-state index in [4.69, 9.17) is 14.0 Å². The number of ether oxygens (including phenoxy) is 2. The summed E-state index contributed by atoms with van der Waals surface area (Å²) in [6, 6.07) is 7.72. The van der Waals surface area contributed by atoms with Gasteiger partial charge in [-0.1, -0.05) is 17.3 Å². The molecule has 2 heterocycles. The van der Waals surface area contributed by atoms with Crippen molar-refractivity contribution in [3.8, 4) is 11.5 Å². The molecule has 1 N–H and O–H groups in total. The van der Waals surface area contributed by atoms with Gasteiger partial charge in [0.25, 0.3) is 0 Å². The summed E-state index contributed by atoms with van der Waals surface area (Å²) in [7, 11) is 3.70. The van der Waals surface area contributed by atoms with Crippen LogP contribution in [0.5, 0.6) is 11.5 Å². The maximum Gasteiger partial charge on any atom is 0.230 e. The molecule has 3 rings (SSSR count). The van der Waals surface area contributed by atoms with Crippen LogP contribution in [0, 0.1) is 0 Å². The zero-order valence-corrected chi connectivity index (χ0v) is 14.7. The number of hydrogen-bond donors (Lipinski definition) is 1. The number of benzene rings is 1. The third kappa shape index (κ3) is 4.37. The lowest BCUT2D eigenvalue weighted by atomic mass is 10.2. The highest BCUT2D eigenvalue weighted by Gasteiger charge is 2.25. The van der Waals surface area contributed by atoms with Crippen molar-refractivity contribution >= 4 is 12.4 Å². The standard InChI is InChI=1S/C16H22N4O3.ClH/c1-20-9-8-17-11-12(20)16-18-15(23-19-16)7-10-22-14-6-4-3-5-13(14)21-2;/h3-6,12,17H,7-11H2,1-2H3;1H. The highest BCUT2D eigenvalue weighted by atomic mass is 35.5. The van der Waals surface area contributed by atoms with Gasteiger partial charge in [0.2, 0.25) is 5.89 Å². The van der Waals surface area contributed by atoms with E-state index < -0.39 is 0 Å². The Balaban J connectivity index is 0.00000208. The number of rotatable bonds is 6. The van der Waals surface area contributed by atoms with Gasteiger partial charge in [0, 0.05) is 19.6 Å². The Morgan fingerprint density at radius 1 is 1.33 bits per heavy atom. The van der Waals surface area contributed by atoms with E-state index >= 15 is 0 Å². The van der Waals surface area contributed by atoms with Crippen molar-refractivity contribution in [3.05, 3.63) is 36.0 Å². The summed E-state index contributed by atoms with van der Waals surface area (Å²) in [5.41, 5.74) is 0. The molecule has 1 fully saturated rings. The fourth-order valence-corrected chi connectivity index (χ4v) is 2.59. The normalized spacial score (nSPS) is 18.0. The smallest absolute Gasteiger partial charge is 0.230 e. The van der Waals surface area contributed by atoms with E-state index in [-0.39, 0.29) is 18.4 Å². The zero-order chi connectivity index (χ0) is 16.1. The lowest BCUT2D eigenvalue weighted by Crippen LogP contribution is -2.44. The Labute approximate surface area is 147 Å². The number of halogens is 1. The maximum atomic E-state index is 5.73. The Morgan fingerprint density at radius 3 is 2.88 bits per heavy atom. The summed E-state index contributed by atoms with van der Waals surface area (Å²) in [6.45, 7) is 3.27. The monoisotopic (exact) mass is 354 g/mol. The van der Waals surface area contributed by atoms with Gasteiger partial charge in [-0.3, -0.25) is 4.90 Å². The minimum atomic E-state index is 0.